The van der Waals surface area contributed by atoms with Crippen molar-refractivity contribution >= 4 is 23.3 Å². The van der Waals surface area contributed by atoms with E-state index in [1.165, 1.54) is 0 Å². The highest BCUT2D eigenvalue weighted by Crippen LogP contribution is 2.27. The van der Waals surface area contributed by atoms with E-state index in [2.05, 4.69) is 9.97 Å². The van der Waals surface area contributed by atoms with Gasteiger partial charge in [-0.1, -0.05) is 23.7 Å². The SMILES string of the molecule is CCOC(=O)c1ccc(-c2nc3ncccn3c2Cl)cc1. The zero-order valence-electron chi connectivity index (χ0n) is 11.3. The van der Waals surface area contributed by atoms with Crippen molar-refractivity contribution in [2.75, 3.05) is 6.61 Å². The fourth-order valence-electron chi connectivity index (χ4n) is 2.02. The fourth-order valence-corrected chi connectivity index (χ4v) is 2.30. The van der Waals surface area contributed by atoms with Crippen molar-refractivity contribution in [2.45, 2.75) is 6.92 Å². The second-order valence-electron chi connectivity index (χ2n) is 4.34. The highest BCUT2D eigenvalue weighted by atomic mass is 35.5. The number of hydrogen-bond acceptors (Lipinski definition) is 4. The molecule has 0 atom stereocenters. The van der Waals surface area contributed by atoms with Gasteiger partial charge in [0.1, 0.15) is 10.8 Å². The molecule has 21 heavy (non-hydrogen) atoms. The Balaban J connectivity index is 1.99. The third-order valence-electron chi connectivity index (χ3n) is 3.01. The zero-order chi connectivity index (χ0) is 14.8. The maximum Gasteiger partial charge on any atom is 0.338 e. The van der Waals surface area contributed by atoms with Gasteiger partial charge in [-0.3, -0.25) is 4.40 Å². The minimum Gasteiger partial charge on any atom is -0.462 e. The lowest BCUT2D eigenvalue weighted by Gasteiger charge is -2.02. The number of rotatable bonds is 3. The Kier molecular flexibility index (Phi) is 3.58. The van der Waals surface area contributed by atoms with Crippen molar-refractivity contribution in [2.24, 2.45) is 0 Å². The molecule has 0 aliphatic heterocycles. The van der Waals surface area contributed by atoms with Gasteiger partial charge in [0.05, 0.1) is 12.2 Å². The van der Waals surface area contributed by atoms with Crippen LogP contribution >= 0.6 is 11.6 Å². The third kappa shape index (κ3) is 2.48. The summed E-state index contributed by atoms with van der Waals surface area (Å²) in [5.74, 6) is 0.193. The van der Waals surface area contributed by atoms with Crippen molar-refractivity contribution in [1.82, 2.24) is 14.4 Å². The minimum atomic E-state index is -0.341. The number of fused-ring (bicyclic) bond motifs is 1. The number of ether oxygens (including phenoxy) is 1. The average Bonchev–Trinajstić information content (AvgIpc) is 2.85. The molecule has 3 rings (SSSR count). The monoisotopic (exact) mass is 301 g/mol. The van der Waals surface area contributed by atoms with Gasteiger partial charge in [-0.2, -0.15) is 0 Å². The van der Waals surface area contributed by atoms with Crippen LogP contribution in [0.3, 0.4) is 0 Å². The summed E-state index contributed by atoms with van der Waals surface area (Å²) in [4.78, 5) is 20.2. The molecule has 0 unspecified atom stereocenters. The highest BCUT2D eigenvalue weighted by Gasteiger charge is 2.13. The molecule has 0 N–H and O–H groups in total. The Morgan fingerprint density at radius 3 is 2.76 bits per heavy atom. The maximum absolute atomic E-state index is 11.6. The van der Waals surface area contributed by atoms with Crippen LogP contribution in [0.5, 0.6) is 0 Å². The van der Waals surface area contributed by atoms with Gasteiger partial charge in [0, 0.05) is 18.0 Å². The molecule has 0 aliphatic carbocycles. The first-order valence-electron chi connectivity index (χ1n) is 6.47. The van der Waals surface area contributed by atoms with E-state index in [1.54, 1.807) is 54.0 Å². The summed E-state index contributed by atoms with van der Waals surface area (Å²) in [5.41, 5.74) is 1.95. The standard InChI is InChI=1S/C15H12ClN3O2/c1-2-21-14(20)11-6-4-10(5-7-11)12-13(16)19-9-3-8-17-15(19)18-12/h3-9H,2H2,1H3. The van der Waals surface area contributed by atoms with E-state index in [1.807, 2.05) is 0 Å². The molecule has 106 valence electrons. The van der Waals surface area contributed by atoms with Crippen molar-refractivity contribution in [3.05, 3.63) is 53.4 Å². The Bertz CT molecular complexity index is 796. The van der Waals surface area contributed by atoms with Gasteiger partial charge < -0.3 is 4.74 Å². The van der Waals surface area contributed by atoms with Crippen LogP contribution in [-0.2, 0) is 4.74 Å². The number of carbonyl (C=O) groups is 1. The van der Waals surface area contributed by atoms with Crippen molar-refractivity contribution < 1.29 is 9.53 Å². The summed E-state index contributed by atoms with van der Waals surface area (Å²) in [7, 11) is 0. The van der Waals surface area contributed by atoms with Crippen LogP contribution in [0.2, 0.25) is 5.15 Å². The second-order valence-corrected chi connectivity index (χ2v) is 4.70. The quantitative estimate of drug-likeness (QED) is 0.697. The van der Waals surface area contributed by atoms with E-state index in [0.29, 0.717) is 28.8 Å². The molecule has 0 bridgehead atoms. The lowest BCUT2D eigenvalue weighted by atomic mass is 10.1. The number of imidazole rings is 1. The molecule has 0 saturated heterocycles. The highest BCUT2D eigenvalue weighted by molar-refractivity contribution is 6.32. The van der Waals surface area contributed by atoms with E-state index in [0.717, 1.165) is 5.56 Å². The molecule has 0 amide bonds. The van der Waals surface area contributed by atoms with Crippen LogP contribution in [0.1, 0.15) is 17.3 Å². The third-order valence-corrected chi connectivity index (χ3v) is 3.38. The van der Waals surface area contributed by atoms with Crippen LogP contribution in [0.15, 0.2) is 42.7 Å². The van der Waals surface area contributed by atoms with Gasteiger partial charge in [-0.05, 0) is 25.1 Å². The molecule has 2 aromatic heterocycles. The minimum absolute atomic E-state index is 0.341. The van der Waals surface area contributed by atoms with Crippen molar-refractivity contribution in [3.63, 3.8) is 0 Å². The molecular weight excluding hydrogens is 290 g/mol. The Morgan fingerprint density at radius 2 is 2.10 bits per heavy atom. The van der Waals surface area contributed by atoms with Crippen molar-refractivity contribution in [3.8, 4) is 11.3 Å². The van der Waals surface area contributed by atoms with Gasteiger partial charge >= 0.3 is 5.97 Å². The molecule has 6 heteroatoms. The van der Waals surface area contributed by atoms with E-state index < -0.39 is 0 Å². The number of hydrogen-bond donors (Lipinski definition) is 0. The predicted molar refractivity (Wildman–Crippen MR) is 79.4 cm³/mol. The van der Waals surface area contributed by atoms with Gasteiger partial charge in [-0.15, -0.1) is 0 Å². The zero-order valence-corrected chi connectivity index (χ0v) is 12.0. The number of halogens is 1. The molecule has 1 aromatic carbocycles. The average molecular weight is 302 g/mol. The normalized spacial score (nSPS) is 10.8. The fraction of sp³-hybridized carbons (Fsp3) is 0.133. The molecular formula is C15H12ClN3O2. The molecule has 2 heterocycles. The van der Waals surface area contributed by atoms with E-state index in [9.17, 15) is 4.79 Å². The topological polar surface area (TPSA) is 56.5 Å². The van der Waals surface area contributed by atoms with Gasteiger partial charge in [0.25, 0.3) is 0 Å². The second kappa shape index (κ2) is 5.54. The first kappa shape index (κ1) is 13.6. The first-order valence-corrected chi connectivity index (χ1v) is 6.84. The van der Waals surface area contributed by atoms with Gasteiger partial charge in [0.15, 0.2) is 0 Å². The summed E-state index contributed by atoms with van der Waals surface area (Å²) in [6.07, 6.45) is 3.46. The molecule has 0 spiro atoms. The number of benzene rings is 1. The summed E-state index contributed by atoms with van der Waals surface area (Å²) < 4.78 is 6.66. The van der Waals surface area contributed by atoms with Crippen LogP contribution in [-0.4, -0.2) is 26.9 Å². The summed E-state index contributed by atoms with van der Waals surface area (Å²) in [6.45, 7) is 2.13. The molecule has 0 aliphatic rings. The molecule has 3 aromatic rings. The lowest BCUT2D eigenvalue weighted by molar-refractivity contribution is 0.0526. The Labute approximate surface area is 126 Å². The van der Waals surface area contributed by atoms with E-state index in [4.69, 9.17) is 16.3 Å². The largest absolute Gasteiger partial charge is 0.462 e. The van der Waals surface area contributed by atoms with Crippen LogP contribution in [0.4, 0.5) is 0 Å². The molecule has 0 radical (unpaired) electrons. The van der Waals surface area contributed by atoms with E-state index >= 15 is 0 Å². The smallest absolute Gasteiger partial charge is 0.338 e. The summed E-state index contributed by atoms with van der Waals surface area (Å²) in [6, 6.07) is 8.76. The number of nitrogens with zero attached hydrogens (tertiary/aromatic N) is 3. The Hall–Kier alpha value is -2.40. The van der Waals surface area contributed by atoms with Crippen LogP contribution in [0, 0.1) is 0 Å². The van der Waals surface area contributed by atoms with Gasteiger partial charge in [0.2, 0.25) is 5.78 Å². The van der Waals surface area contributed by atoms with Crippen molar-refractivity contribution in [1.29, 1.82) is 0 Å². The Morgan fingerprint density at radius 1 is 1.33 bits per heavy atom. The number of aromatic nitrogens is 3. The van der Waals surface area contributed by atoms with Crippen LogP contribution < -0.4 is 0 Å². The lowest BCUT2D eigenvalue weighted by Crippen LogP contribution is -2.04. The maximum atomic E-state index is 11.6. The summed E-state index contributed by atoms with van der Waals surface area (Å²) >= 11 is 6.31. The molecule has 0 saturated carbocycles. The number of carbonyl (C=O) groups excluding carboxylic acids is 1. The molecule has 5 nitrogen and oxygen atoms in total. The summed E-state index contributed by atoms with van der Waals surface area (Å²) in [5, 5.41) is 0.488. The number of esters is 1. The predicted octanol–water partition coefficient (Wildman–Crippen LogP) is 3.23. The van der Waals surface area contributed by atoms with E-state index in [-0.39, 0.29) is 5.97 Å². The first-order chi connectivity index (χ1) is 10.2. The van der Waals surface area contributed by atoms with Gasteiger partial charge in [-0.25, -0.2) is 14.8 Å². The molecule has 0 fully saturated rings. The van der Waals surface area contributed by atoms with Crippen LogP contribution in [0.25, 0.3) is 17.0 Å².